The first-order chi connectivity index (χ1) is 6.02. The number of benzene rings is 1. The van der Waals surface area contributed by atoms with Crippen LogP contribution in [-0.2, 0) is 4.79 Å². The van der Waals surface area contributed by atoms with Gasteiger partial charge in [0.25, 0.3) is 0 Å². The molecule has 0 fully saturated rings. The summed E-state index contributed by atoms with van der Waals surface area (Å²) in [7, 11) is 0. The Morgan fingerprint density at radius 1 is 1.54 bits per heavy atom. The lowest BCUT2D eigenvalue weighted by molar-refractivity contribution is -0.121. The second kappa shape index (κ2) is 3.77. The highest BCUT2D eigenvalue weighted by molar-refractivity contribution is 6.33. The third kappa shape index (κ3) is 2.20. The first-order valence-corrected chi connectivity index (χ1v) is 4.16. The van der Waals surface area contributed by atoms with Gasteiger partial charge in [-0.3, -0.25) is 10.0 Å². The maximum atomic E-state index is 10.8. The van der Waals surface area contributed by atoms with E-state index < -0.39 is 5.91 Å². The van der Waals surface area contributed by atoms with E-state index >= 15 is 0 Å². The quantitative estimate of drug-likeness (QED) is 0.557. The third-order valence-electron chi connectivity index (χ3n) is 1.63. The lowest BCUT2D eigenvalue weighted by Crippen LogP contribution is -2.24. The minimum Gasteiger partial charge on any atom is -0.281 e. The fraction of sp³-hybridized carbons (Fsp3) is 0.222. The molecule has 0 bridgehead atoms. The predicted octanol–water partition coefficient (Wildman–Crippen LogP) is 2.39. The Labute approximate surface area is 81.5 Å². The van der Waals surface area contributed by atoms with Crippen molar-refractivity contribution in [2.45, 2.75) is 13.8 Å². The van der Waals surface area contributed by atoms with Gasteiger partial charge < -0.3 is 0 Å². The smallest absolute Gasteiger partial charge is 0.247 e. The van der Waals surface area contributed by atoms with Gasteiger partial charge in [-0.05, 0) is 24.6 Å². The van der Waals surface area contributed by atoms with E-state index in [0.29, 0.717) is 15.8 Å². The van der Waals surface area contributed by atoms with Crippen molar-refractivity contribution in [2.24, 2.45) is 0 Å². The number of halogens is 1. The van der Waals surface area contributed by atoms with Crippen LogP contribution < -0.4 is 5.06 Å². The lowest BCUT2D eigenvalue weighted by Gasteiger charge is -2.14. The second-order valence-corrected chi connectivity index (χ2v) is 3.19. The van der Waals surface area contributed by atoms with E-state index in [9.17, 15) is 10.0 Å². The molecule has 0 saturated carbocycles. The number of rotatable bonds is 1. The van der Waals surface area contributed by atoms with Gasteiger partial charge >= 0.3 is 0 Å². The SMILES string of the molecule is CC(=O)N(O)c1cc(C)ccc1Cl. The monoisotopic (exact) mass is 199 g/mol. The Bertz CT molecular complexity index is 338. The molecule has 0 aliphatic carbocycles. The van der Waals surface area contributed by atoms with Crippen LogP contribution in [-0.4, -0.2) is 11.1 Å². The highest BCUT2D eigenvalue weighted by Gasteiger charge is 2.11. The van der Waals surface area contributed by atoms with E-state index in [0.717, 1.165) is 5.56 Å². The zero-order valence-electron chi connectivity index (χ0n) is 7.41. The maximum absolute atomic E-state index is 10.8. The number of aryl methyl sites for hydroxylation is 1. The van der Waals surface area contributed by atoms with Gasteiger partial charge in [0.2, 0.25) is 5.91 Å². The van der Waals surface area contributed by atoms with Gasteiger partial charge in [0.1, 0.15) is 0 Å². The molecule has 1 N–H and O–H groups in total. The first-order valence-electron chi connectivity index (χ1n) is 3.78. The number of amides is 1. The summed E-state index contributed by atoms with van der Waals surface area (Å²) in [6.07, 6.45) is 0. The Balaban J connectivity index is 3.12. The van der Waals surface area contributed by atoms with Gasteiger partial charge in [0.15, 0.2) is 0 Å². The molecule has 0 radical (unpaired) electrons. The number of carbonyl (C=O) groups is 1. The highest BCUT2D eigenvalue weighted by Crippen LogP contribution is 2.25. The van der Waals surface area contributed by atoms with Crippen LogP contribution in [0.4, 0.5) is 5.69 Å². The van der Waals surface area contributed by atoms with E-state index in [1.165, 1.54) is 6.92 Å². The summed E-state index contributed by atoms with van der Waals surface area (Å²) in [5.41, 5.74) is 1.24. The molecular formula is C9H10ClNO2. The van der Waals surface area contributed by atoms with Gasteiger partial charge in [-0.1, -0.05) is 17.7 Å². The van der Waals surface area contributed by atoms with Crippen molar-refractivity contribution < 1.29 is 10.0 Å². The molecule has 13 heavy (non-hydrogen) atoms. The average Bonchev–Trinajstić information content (AvgIpc) is 2.08. The molecule has 0 unspecified atom stereocenters. The Kier molecular flexibility index (Phi) is 2.90. The Morgan fingerprint density at radius 2 is 2.15 bits per heavy atom. The van der Waals surface area contributed by atoms with Gasteiger partial charge in [-0.15, -0.1) is 0 Å². The van der Waals surface area contributed by atoms with Crippen LogP contribution in [0.5, 0.6) is 0 Å². The van der Waals surface area contributed by atoms with Crippen LogP contribution in [0.15, 0.2) is 18.2 Å². The molecule has 0 atom stereocenters. The second-order valence-electron chi connectivity index (χ2n) is 2.79. The molecule has 3 nitrogen and oxygen atoms in total. The van der Waals surface area contributed by atoms with Crippen LogP contribution in [0.25, 0.3) is 0 Å². The van der Waals surface area contributed by atoms with Crippen molar-refractivity contribution in [3.63, 3.8) is 0 Å². The fourth-order valence-corrected chi connectivity index (χ4v) is 1.15. The van der Waals surface area contributed by atoms with Crippen LogP contribution in [0, 0.1) is 6.92 Å². The lowest BCUT2D eigenvalue weighted by atomic mass is 10.2. The van der Waals surface area contributed by atoms with Crippen molar-refractivity contribution in [2.75, 3.05) is 5.06 Å². The van der Waals surface area contributed by atoms with Crippen LogP contribution in [0.2, 0.25) is 5.02 Å². The number of anilines is 1. The summed E-state index contributed by atoms with van der Waals surface area (Å²) in [6.45, 7) is 3.12. The molecule has 0 aromatic heterocycles. The van der Waals surface area contributed by atoms with E-state index in [-0.39, 0.29) is 0 Å². The topological polar surface area (TPSA) is 40.5 Å². The van der Waals surface area contributed by atoms with E-state index in [2.05, 4.69) is 0 Å². The molecule has 1 rings (SSSR count). The van der Waals surface area contributed by atoms with Gasteiger partial charge in [0, 0.05) is 6.92 Å². The van der Waals surface area contributed by atoms with Crippen molar-refractivity contribution in [1.29, 1.82) is 0 Å². The minimum absolute atomic E-state index is 0.314. The van der Waals surface area contributed by atoms with E-state index in [1.807, 2.05) is 6.92 Å². The Morgan fingerprint density at radius 3 is 2.69 bits per heavy atom. The molecule has 0 heterocycles. The molecule has 0 spiro atoms. The maximum Gasteiger partial charge on any atom is 0.247 e. The summed E-state index contributed by atoms with van der Waals surface area (Å²) >= 11 is 5.78. The van der Waals surface area contributed by atoms with Crippen LogP contribution in [0.3, 0.4) is 0 Å². The van der Waals surface area contributed by atoms with Crippen molar-refractivity contribution >= 4 is 23.2 Å². The molecular weight excluding hydrogens is 190 g/mol. The fourth-order valence-electron chi connectivity index (χ4n) is 0.955. The number of carbonyl (C=O) groups excluding carboxylic acids is 1. The summed E-state index contributed by atoms with van der Waals surface area (Å²) in [5.74, 6) is -0.465. The molecule has 0 saturated heterocycles. The van der Waals surface area contributed by atoms with E-state index in [1.54, 1.807) is 18.2 Å². The Hall–Kier alpha value is -1.06. The molecule has 4 heteroatoms. The van der Waals surface area contributed by atoms with Crippen LogP contribution in [0.1, 0.15) is 12.5 Å². The standard InChI is InChI=1S/C9H10ClNO2/c1-6-3-4-8(10)9(5-6)11(13)7(2)12/h3-5,13H,1-2H3. The zero-order valence-corrected chi connectivity index (χ0v) is 8.17. The summed E-state index contributed by atoms with van der Waals surface area (Å²) in [4.78, 5) is 10.8. The number of nitrogens with zero attached hydrogens (tertiary/aromatic N) is 1. The minimum atomic E-state index is -0.465. The zero-order chi connectivity index (χ0) is 10.0. The first kappa shape index (κ1) is 10.0. The molecule has 70 valence electrons. The molecule has 0 aliphatic heterocycles. The number of hydrogen-bond acceptors (Lipinski definition) is 2. The highest BCUT2D eigenvalue weighted by atomic mass is 35.5. The predicted molar refractivity (Wildman–Crippen MR) is 51.1 cm³/mol. The average molecular weight is 200 g/mol. The normalized spacial score (nSPS) is 9.85. The molecule has 1 aromatic carbocycles. The van der Waals surface area contributed by atoms with Gasteiger partial charge in [-0.2, -0.15) is 5.06 Å². The summed E-state index contributed by atoms with van der Waals surface area (Å²) in [6, 6.07) is 5.09. The van der Waals surface area contributed by atoms with Crippen molar-refractivity contribution in [3.8, 4) is 0 Å². The number of hydroxylamine groups is 1. The number of hydrogen-bond donors (Lipinski definition) is 1. The van der Waals surface area contributed by atoms with Crippen molar-refractivity contribution in [3.05, 3.63) is 28.8 Å². The van der Waals surface area contributed by atoms with Gasteiger partial charge in [0.05, 0.1) is 10.7 Å². The molecule has 1 amide bonds. The summed E-state index contributed by atoms with van der Waals surface area (Å²) in [5, 5.41) is 10.2. The molecule has 0 aliphatic rings. The van der Waals surface area contributed by atoms with Gasteiger partial charge in [-0.25, -0.2) is 0 Å². The third-order valence-corrected chi connectivity index (χ3v) is 1.95. The van der Waals surface area contributed by atoms with Crippen molar-refractivity contribution in [1.82, 2.24) is 0 Å². The largest absolute Gasteiger partial charge is 0.281 e. The summed E-state index contributed by atoms with van der Waals surface area (Å²) < 4.78 is 0. The van der Waals surface area contributed by atoms with E-state index in [4.69, 9.17) is 11.6 Å². The van der Waals surface area contributed by atoms with Crippen LogP contribution >= 0.6 is 11.6 Å². The molecule has 1 aromatic rings.